The van der Waals surface area contributed by atoms with Crippen LogP contribution in [0.1, 0.15) is 18.5 Å². The molecule has 1 aromatic carbocycles. The Kier molecular flexibility index (Phi) is 4.92. The van der Waals surface area contributed by atoms with Crippen LogP contribution in [-0.4, -0.2) is 29.1 Å². The highest BCUT2D eigenvalue weighted by Gasteiger charge is 2.15. The van der Waals surface area contributed by atoms with Crippen molar-refractivity contribution in [2.75, 3.05) is 23.3 Å². The van der Waals surface area contributed by atoms with Crippen LogP contribution in [0.25, 0.3) is 0 Å². The first-order chi connectivity index (χ1) is 11.2. The molecule has 1 aromatic heterocycles. The lowest BCUT2D eigenvalue weighted by Crippen LogP contribution is -2.29. The van der Waals surface area contributed by atoms with Crippen LogP contribution in [0.3, 0.4) is 0 Å². The van der Waals surface area contributed by atoms with Crippen LogP contribution in [0, 0.1) is 0 Å². The summed E-state index contributed by atoms with van der Waals surface area (Å²) in [6.07, 6.45) is 4.08. The summed E-state index contributed by atoms with van der Waals surface area (Å²) >= 11 is 5.89. The number of hydrogen-bond acceptors (Lipinski definition) is 4. The van der Waals surface area contributed by atoms with Gasteiger partial charge in [-0.3, -0.25) is 0 Å². The Bertz CT molecular complexity index is 688. The first-order valence-electron chi connectivity index (χ1n) is 7.58. The summed E-state index contributed by atoms with van der Waals surface area (Å²) in [7, 11) is 0. The van der Waals surface area contributed by atoms with Crippen LogP contribution in [0.4, 0.5) is 16.4 Å². The van der Waals surface area contributed by atoms with Crippen molar-refractivity contribution in [3.05, 3.63) is 47.2 Å². The molecular formula is C16H18ClN5O. The summed E-state index contributed by atoms with van der Waals surface area (Å²) in [5, 5.41) is 6.09. The number of benzene rings is 1. The van der Waals surface area contributed by atoms with Crippen molar-refractivity contribution < 1.29 is 4.79 Å². The minimum absolute atomic E-state index is 0.298. The van der Waals surface area contributed by atoms with E-state index in [4.69, 9.17) is 11.6 Å². The van der Waals surface area contributed by atoms with Crippen LogP contribution in [0.15, 0.2) is 36.5 Å². The summed E-state index contributed by atoms with van der Waals surface area (Å²) < 4.78 is 0. The SMILES string of the molecule is O=C(NCc1ccnc(N2CCCC2)n1)Nc1cccc(Cl)c1. The Balaban J connectivity index is 1.55. The average Bonchev–Trinajstić information content (AvgIpc) is 3.08. The lowest BCUT2D eigenvalue weighted by atomic mass is 10.3. The van der Waals surface area contributed by atoms with E-state index in [9.17, 15) is 4.79 Å². The van der Waals surface area contributed by atoms with Gasteiger partial charge in [-0.2, -0.15) is 0 Å². The minimum atomic E-state index is -0.298. The molecule has 1 aliphatic heterocycles. The van der Waals surface area contributed by atoms with Gasteiger partial charge in [-0.05, 0) is 37.1 Å². The van der Waals surface area contributed by atoms with E-state index >= 15 is 0 Å². The van der Waals surface area contributed by atoms with E-state index < -0.39 is 0 Å². The molecule has 2 aromatic rings. The number of carbonyl (C=O) groups excluding carboxylic acids is 1. The van der Waals surface area contributed by atoms with E-state index in [2.05, 4.69) is 25.5 Å². The molecule has 0 saturated carbocycles. The van der Waals surface area contributed by atoms with Crippen molar-refractivity contribution in [1.29, 1.82) is 0 Å². The monoisotopic (exact) mass is 331 g/mol. The van der Waals surface area contributed by atoms with Crippen LogP contribution in [0.5, 0.6) is 0 Å². The maximum atomic E-state index is 11.9. The van der Waals surface area contributed by atoms with E-state index in [0.29, 0.717) is 17.3 Å². The lowest BCUT2D eigenvalue weighted by Gasteiger charge is -2.15. The van der Waals surface area contributed by atoms with Gasteiger partial charge in [0.1, 0.15) is 0 Å². The molecule has 23 heavy (non-hydrogen) atoms. The van der Waals surface area contributed by atoms with Gasteiger partial charge in [0.2, 0.25) is 5.95 Å². The number of hydrogen-bond donors (Lipinski definition) is 2. The number of nitrogens with zero attached hydrogens (tertiary/aromatic N) is 3. The van der Waals surface area contributed by atoms with Crippen molar-refractivity contribution in [1.82, 2.24) is 15.3 Å². The number of nitrogens with one attached hydrogen (secondary N) is 2. The summed E-state index contributed by atoms with van der Waals surface area (Å²) in [5.41, 5.74) is 1.43. The van der Waals surface area contributed by atoms with Gasteiger partial charge in [0.05, 0.1) is 12.2 Å². The molecule has 0 bridgehead atoms. The molecule has 0 spiro atoms. The Hall–Kier alpha value is -2.34. The van der Waals surface area contributed by atoms with Crippen molar-refractivity contribution in [2.24, 2.45) is 0 Å². The molecule has 6 nitrogen and oxygen atoms in total. The molecule has 120 valence electrons. The molecule has 7 heteroatoms. The van der Waals surface area contributed by atoms with E-state index in [1.807, 2.05) is 0 Å². The summed E-state index contributed by atoms with van der Waals surface area (Å²) in [5.74, 6) is 0.733. The number of anilines is 2. The van der Waals surface area contributed by atoms with E-state index in [1.54, 1.807) is 36.5 Å². The zero-order chi connectivity index (χ0) is 16.1. The second kappa shape index (κ2) is 7.28. The Morgan fingerprint density at radius 3 is 2.87 bits per heavy atom. The standard InChI is InChI=1S/C16H18ClN5O/c17-12-4-3-5-13(10-12)21-16(23)19-11-14-6-7-18-15(20-14)22-8-1-2-9-22/h3-7,10H,1-2,8-9,11H2,(H2,19,21,23). The molecule has 0 atom stereocenters. The molecule has 1 saturated heterocycles. The normalized spacial score (nSPS) is 13.9. The predicted octanol–water partition coefficient (Wildman–Crippen LogP) is 3.05. The maximum Gasteiger partial charge on any atom is 0.319 e. The van der Waals surface area contributed by atoms with E-state index in [1.165, 1.54) is 12.8 Å². The van der Waals surface area contributed by atoms with Gasteiger partial charge in [-0.15, -0.1) is 0 Å². The number of aromatic nitrogens is 2. The number of amides is 2. The maximum absolute atomic E-state index is 11.9. The first-order valence-corrected chi connectivity index (χ1v) is 7.96. The summed E-state index contributed by atoms with van der Waals surface area (Å²) in [6, 6.07) is 8.52. The molecule has 1 aliphatic rings. The molecule has 0 unspecified atom stereocenters. The fraction of sp³-hybridized carbons (Fsp3) is 0.312. The van der Waals surface area contributed by atoms with Gasteiger partial charge < -0.3 is 15.5 Å². The van der Waals surface area contributed by atoms with Gasteiger partial charge in [0, 0.05) is 30.0 Å². The van der Waals surface area contributed by atoms with Gasteiger partial charge >= 0.3 is 6.03 Å². The van der Waals surface area contributed by atoms with Crippen molar-refractivity contribution in [3.63, 3.8) is 0 Å². The van der Waals surface area contributed by atoms with E-state index in [0.717, 1.165) is 24.7 Å². The minimum Gasteiger partial charge on any atom is -0.341 e. The second-order valence-corrected chi connectivity index (χ2v) is 5.80. The predicted molar refractivity (Wildman–Crippen MR) is 90.8 cm³/mol. The van der Waals surface area contributed by atoms with Crippen LogP contribution < -0.4 is 15.5 Å². The molecule has 2 heterocycles. The third-order valence-corrected chi connectivity index (χ3v) is 3.84. The molecule has 1 fully saturated rings. The third kappa shape index (κ3) is 4.32. The Morgan fingerprint density at radius 2 is 2.09 bits per heavy atom. The number of rotatable bonds is 4. The second-order valence-electron chi connectivity index (χ2n) is 5.36. The van der Waals surface area contributed by atoms with Gasteiger partial charge in [-0.25, -0.2) is 14.8 Å². The first kappa shape index (κ1) is 15.6. The topological polar surface area (TPSA) is 70.2 Å². The van der Waals surface area contributed by atoms with Gasteiger partial charge in [-0.1, -0.05) is 17.7 Å². The van der Waals surface area contributed by atoms with Crippen molar-refractivity contribution >= 4 is 29.3 Å². The number of urea groups is 1. The molecule has 3 rings (SSSR count). The highest BCUT2D eigenvalue weighted by molar-refractivity contribution is 6.30. The van der Waals surface area contributed by atoms with Crippen molar-refractivity contribution in [3.8, 4) is 0 Å². The van der Waals surface area contributed by atoms with Gasteiger partial charge in [0.15, 0.2) is 0 Å². The molecule has 2 amide bonds. The average molecular weight is 332 g/mol. The smallest absolute Gasteiger partial charge is 0.319 e. The van der Waals surface area contributed by atoms with Crippen molar-refractivity contribution in [2.45, 2.75) is 19.4 Å². The largest absolute Gasteiger partial charge is 0.341 e. The fourth-order valence-electron chi connectivity index (χ4n) is 2.46. The molecular weight excluding hydrogens is 314 g/mol. The zero-order valence-electron chi connectivity index (χ0n) is 12.6. The summed E-state index contributed by atoms with van der Waals surface area (Å²) in [4.78, 5) is 22.9. The fourth-order valence-corrected chi connectivity index (χ4v) is 2.66. The lowest BCUT2D eigenvalue weighted by molar-refractivity contribution is 0.251. The van der Waals surface area contributed by atoms with Crippen LogP contribution in [-0.2, 0) is 6.54 Å². The molecule has 0 aliphatic carbocycles. The Labute approximate surface area is 139 Å². The van der Waals surface area contributed by atoms with E-state index in [-0.39, 0.29) is 6.03 Å². The number of halogens is 1. The zero-order valence-corrected chi connectivity index (χ0v) is 13.4. The number of carbonyl (C=O) groups is 1. The summed E-state index contributed by atoms with van der Waals surface area (Å²) in [6.45, 7) is 2.33. The van der Waals surface area contributed by atoms with Crippen LogP contribution >= 0.6 is 11.6 Å². The van der Waals surface area contributed by atoms with Crippen LogP contribution in [0.2, 0.25) is 5.02 Å². The van der Waals surface area contributed by atoms with Gasteiger partial charge in [0.25, 0.3) is 0 Å². The molecule has 2 N–H and O–H groups in total. The highest BCUT2D eigenvalue weighted by Crippen LogP contribution is 2.16. The third-order valence-electron chi connectivity index (χ3n) is 3.60. The molecule has 0 radical (unpaired) electrons. The Morgan fingerprint density at radius 1 is 1.26 bits per heavy atom. The highest BCUT2D eigenvalue weighted by atomic mass is 35.5. The quantitative estimate of drug-likeness (QED) is 0.903.